The first-order valence-electron chi connectivity index (χ1n) is 12.6. The van der Waals surface area contributed by atoms with E-state index >= 15 is 0 Å². The summed E-state index contributed by atoms with van der Waals surface area (Å²) in [6.45, 7) is 6.27. The number of nitrogens with zero attached hydrogens (tertiary/aromatic N) is 1. The van der Waals surface area contributed by atoms with Crippen LogP contribution in [-0.2, 0) is 11.3 Å². The number of likely N-dealkylation sites (tertiary alicyclic amines) is 1. The van der Waals surface area contributed by atoms with Crippen molar-refractivity contribution in [3.8, 4) is 0 Å². The molecule has 1 aliphatic carbocycles. The number of hydrogen-bond acceptors (Lipinski definition) is 2. The SMILES string of the molecule is CC(C)C1(C(=O)NCc2cccc(S(F)=C(F)F)c2)CCC(N2CCC(c3ccc(F)cc3)CC2)C1. The predicted molar refractivity (Wildman–Crippen MR) is 137 cm³/mol. The third-order valence-electron chi connectivity index (χ3n) is 8.16. The molecule has 3 atom stereocenters. The zero-order valence-corrected chi connectivity index (χ0v) is 21.6. The number of carbonyl (C=O) groups excluding carboxylic acids is 1. The lowest BCUT2D eigenvalue weighted by atomic mass is 9.74. The first kappa shape index (κ1) is 26.9. The number of amides is 1. The van der Waals surface area contributed by atoms with Crippen molar-refractivity contribution in [1.29, 1.82) is 0 Å². The molecule has 1 saturated heterocycles. The summed E-state index contributed by atoms with van der Waals surface area (Å²) in [4.78, 5) is 15.9. The van der Waals surface area contributed by atoms with Crippen LogP contribution >= 0.6 is 10.9 Å². The quantitative estimate of drug-likeness (QED) is 0.240. The lowest BCUT2D eigenvalue weighted by molar-refractivity contribution is -0.133. The van der Waals surface area contributed by atoms with Crippen LogP contribution in [0.25, 0.3) is 0 Å². The highest BCUT2D eigenvalue weighted by Crippen LogP contribution is 2.47. The third-order valence-corrected chi connectivity index (χ3v) is 9.10. The molecule has 1 aliphatic heterocycles. The zero-order valence-electron chi connectivity index (χ0n) is 20.8. The minimum atomic E-state index is -2.70. The van der Waals surface area contributed by atoms with Crippen LogP contribution in [0.15, 0.2) is 53.4 Å². The molecule has 196 valence electrons. The molecule has 2 aliphatic rings. The molecule has 0 spiro atoms. The van der Waals surface area contributed by atoms with Gasteiger partial charge in [0.05, 0.1) is 16.3 Å². The van der Waals surface area contributed by atoms with Crippen molar-refractivity contribution in [3.63, 3.8) is 0 Å². The van der Waals surface area contributed by atoms with Gasteiger partial charge in [-0.3, -0.25) is 4.79 Å². The monoisotopic (exact) mass is 522 g/mol. The van der Waals surface area contributed by atoms with Crippen molar-refractivity contribution in [2.75, 3.05) is 13.1 Å². The van der Waals surface area contributed by atoms with Gasteiger partial charge in [0, 0.05) is 17.5 Å². The molecule has 2 aromatic carbocycles. The molecule has 1 N–H and O–H groups in total. The number of rotatable bonds is 7. The molecular formula is C28H34F4N2OS. The Kier molecular flexibility index (Phi) is 8.56. The Morgan fingerprint density at radius 2 is 1.81 bits per heavy atom. The van der Waals surface area contributed by atoms with E-state index in [4.69, 9.17) is 0 Å². The van der Waals surface area contributed by atoms with Crippen LogP contribution in [0.3, 0.4) is 0 Å². The van der Waals surface area contributed by atoms with Gasteiger partial charge in [0.2, 0.25) is 5.91 Å². The van der Waals surface area contributed by atoms with Gasteiger partial charge < -0.3 is 10.2 Å². The summed E-state index contributed by atoms with van der Waals surface area (Å²) in [5.41, 5.74) is 1.31. The standard InChI is InChI=1S/C28H34F4N2OS/c1-19(2)28(26(35)33-18-20-4-3-5-25(16-20)36(32)27(30)31)13-10-24(17-28)34-14-11-22(12-15-34)21-6-8-23(29)9-7-21/h3-9,16,19,22,24H,10-15,17-18H2,1-2H3,(H,33,35). The summed E-state index contributed by atoms with van der Waals surface area (Å²) in [5.74, 6) is 0.356. The Balaban J connectivity index is 1.36. The first-order chi connectivity index (χ1) is 17.2. The molecule has 0 radical (unpaired) electrons. The fourth-order valence-electron chi connectivity index (χ4n) is 5.90. The maximum Gasteiger partial charge on any atom is 0.328 e. The van der Waals surface area contributed by atoms with Crippen molar-refractivity contribution >= 4 is 22.1 Å². The number of nitrogens with one attached hydrogen (secondary N) is 1. The number of benzene rings is 2. The van der Waals surface area contributed by atoms with Gasteiger partial charge in [-0.25, -0.2) is 4.39 Å². The molecule has 1 saturated carbocycles. The molecule has 3 unspecified atom stereocenters. The van der Waals surface area contributed by atoms with E-state index in [1.807, 2.05) is 12.1 Å². The minimum Gasteiger partial charge on any atom is -0.352 e. The fourth-order valence-corrected chi connectivity index (χ4v) is 6.53. The van der Waals surface area contributed by atoms with Crippen LogP contribution in [0.2, 0.25) is 0 Å². The lowest BCUT2D eigenvalue weighted by Gasteiger charge is -2.38. The van der Waals surface area contributed by atoms with E-state index in [0.717, 1.165) is 45.2 Å². The van der Waals surface area contributed by atoms with Crippen molar-refractivity contribution in [3.05, 3.63) is 65.5 Å². The van der Waals surface area contributed by atoms with Crippen molar-refractivity contribution in [2.24, 2.45) is 11.3 Å². The van der Waals surface area contributed by atoms with Gasteiger partial charge in [-0.2, -0.15) is 12.7 Å². The van der Waals surface area contributed by atoms with E-state index in [1.165, 1.54) is 29.8 Å². The van der Waals surface area contributed by atoms with Crippen LogP contribution in [0.4, 0.5) is 17.1 Å². The molecule has 8 heteroatoms. The summed E-state index contributed by atoms with van der Waals surface area (Å²) >= 11 is 0. The molecule has 0 aromatic heterocycles. The van der Waals surface area contributed by atoms with Crippen molar-refractivity contribution in [1.82, 2.24) is 10.2 Å². The predicted octanol–water partition coefficient (Wildman–Crippen LogP) is 7.06. The van der Waals surface area contributed by atoms with E-state index in [0.29, 0.717) is 17.5 Å². The molecule has 3 nitrogen and oxygen atoms in total. The number of carbonyl (C=O) groups is 1. The lowest BCUT2D eigenvalue weighted by Crippen LogP contribution is -2.45. The second-order valence-electron chi connectivity index (χ2n) is 10.4. The molecule has 1 heterocycles. The maximum atomic E-state index is 13.7. The van der Waals surface area contributed by atoms with Crippen LogP contribution in [0.1, 0.15) is 63.0 Å². The summed E-state index contributed by atoms with van der Waals surface area (Å²) in [7, 11) is -2.70. The van der Waals surface area contributed by atoms with Gasteiger partial charge in [0.15, 0.2) is 0 Å². The Morgan fingerprint density at radius 1 is 1.11 bits per heavy atom. The molecule has 36 heavy (non-hydrogen) atoms. The third kappa shape index (κ3) is 5.86. The van der Waals surface area contributed by atoms with Crippen molar-refractivity contribution in [2.45, 2.75) is 69.4 Å². The van der Waals surface area contributed by atoms with Gasteiger partial charge in [0.25, 0.3) is 0 Å². The number of piperidine rings is 1. The van der Waals surface area contributed by atoms with Crippen LogP contribution < -0.4 is 5.32 Å². The summed E-state index contributed by atoms with van der Waals surface area (Å²) in [6, 6.07) is 13.1. The summed E-state index contributed by atoms with van der Waals surface area (Å²) < 4.78 is 52.4. The molecule has 2 fully saturated rings. The van der Waals surface area contributed by atoms with E-state index in [1.54, 1.807) is 12.1 Å². The topological polar surface area (TPSA) is 32.3 Å². The molecule has 4 rings (SSSR count). The van der Waals surface area contributed by atoms with Crippen molar-refractivity contribution < 1.29 is 21.9 Å². The largest absolute Gasteiger partial charge is 0.352 e. The maximum absolute atomic E-state index is 13.7. The number of halogens is 4. The van der Waals surface area contributed by atoms with Crippen LogP contribution in [-0.4, -0.2) is 35.3 Å². The molecule has 1 amide bonds. The van der Waals surface area contributed by atoms with E-state index in [-0.39, 0.29) is 29.1 Å². The number of hydrogen-bond donors (Lipinski definition) is 1. The minimum absolute atomic E-state index is 0.0194. The highest BCUT2D eigenvalue weighted by molar-refractivity contribution is 8.11. The van der Waals surface area contributed by atoms with E-state index in [2.05, 4.69) is 24.1 Å². The zero-order chi connectivity index (χ0) is 25.9. The fraction of sp³-hybridized carbons (Fsp3) is 0.500. The summed E-state index contributed by atoms with van der Waals surface area (Å²) in [5, 5.41) is 0.771. The van der Waals surface area contributed by atoms with Gasteiger partial charge in [-0.1, -0.05) is 38.1 Å². The van der Waals surface area contributed by atoms with E-state index < -0.39 is 21.7 Å². The van der Waals surface area contributed by atoms with Crippen LogP contribution in [0.5, 0.6) is 0 Å². The average Bonchev–Trinajstić information content (AvgIpc) is 3.35. The van der Waals surface area contributed by atoms with Crippen LogP contribution in [0, 0.1) is 17.2 Å². The van der Waals surface area contributed by atoms with Gasteiger partial charge in [0.1, 0.15) is 5.82 Å². The summed E-state index contributed by atoms with van der Waals surface area (Å²) in [6.07, 6.45) is 4.58. The second kappa shape index (κ2) is 11.5. The normalized spacial score (nSPS) is 24.1. The van der Waals surface area contributed by atoms with Gasteiger partial charge >= 0.3 is 5.37 Å². The molecule has 0 bridgehead atoms. The Bertz CT molecular complexity index is 1090. The highest BCUT2D eigenvalue weighted by atomic mass is 32.2. The highest BCUT2D eigenvalue weighted by Gasteiger charge is 2.48. The molecular weight excluding hydrogens is 488 g/mol. The molecule has 2 aromatic rings. The van der Waals surface area contributed by atoms with Gasteiger partial charge in [-0.15, -0.1) is 0 Å². The Hall–Kier alpha value is -2.19. The average molecular weight is 523 g/mol. The Morgan fingerprint density at radius 3 is 2.44 bits per heavy atom. The smallest absolute Gasteiger partial charge is 0.328 e. The Labute approximate surface area is 213 Å². The van der Waals surface area contributed by atoms with Gasteiger partial charge in [-0.05, 0) is 92.4 Å². The van der Waals surface area contributed by atoms with E-state index in [9.17, 15) is 21.9 Å². The first-order valence-corrected chi connectivity index (χ1v) is 13.8. The second-order valence-corrected chi connectivity index (χ2v) is 11.7.